The molecule has 0 heterocycles. The molecule has 0 N–H and O–H groups in total. The van der Waals surface area contributed by atoms with Crippen LogP contribution in [0.25, 0.3) is 122 Å². The van der Waals surface area contributed by atoms with Gasteiger partial charge in [0, 0.05) is 0 Å². The third kappa shape index (κ3) is 31.5. The largest absolute Gasteiger partial charge is 0.133 e. The molecule has 17 aromatic rings. The van der Waals surface area contributed by atoms with Gasteiger partial charge in [-0.25, -0.2) is 0 Å². The topological polar surface area (TPSA) is 0 Å². The Balaban J connectivity index is 0.000000148. The average molecular weight is 2100 g/mol. The quantitative estimate of drug-likeness (QED) is 0.0429. The number of rotatable bonds is 28. The van der Waals surface area contributed by atoms with Crippen LogP contribution >= 0.6 is 156 Å². The Kier molecular flexibility index (Phi) is 46.6. The normalized spacial score (nSPS) is 10.8. The predicted octanol–water partition coefficient (Wildman–Crippen LogP) is 34.7. The summed E-state index contributed by atoms with van der Waals surface area (Å²) in [6.07, 6.45) is 15.9. The number of aryl methyl sites for hydroxylation is 1. The summed E-state index contributed by atoms with van der Waals surface area (Å²) in [6.45, 7) is 4.42. The van der Waals surface area contributed by atoms with Gasteiger partial charge in [0.2, 0.25) is 0 Å². The van der Waals surface area contributed by atoms with E-state index in [-0.39, 0.29) is 0 Å². The molecule has 17 rings (SSSR count). The van der Waals surface area contributed by atoms with Crippen molar-refractivity contribution in [3.63, 3.8) is 0 Å². The zero-order valence-electron chi connectivity index (χ0n) is 78.8. The van der Waals surface area contributed by atoms with E-state index in [0.717, 1.165) is 107 Å². The third-order valence-electron chi connectivity index (χ3n) is 24.7. The van der Waals surface area contributed by atoms with E-state index in [0.29, 0.717) is 0 Å². The molecule has 0 aliphatic carbocycles. The second-order valence-corrected chi connectivity index (χ2v) is 41.2. The van der Waals surface area contributed by atoms with Crippen LogP contribution in [-0.2, 0) is 98.6 Å². The maximum Gasteiger partial charge on any atom is -0.0109 e. The fraction of sp³-hybridized carbons (Fsp3) is 0.150. The van der Waals surface area contributed by atoms with Crippen molar-refractivity contribution in [2.24, 2.45) is 0 Å². The molecule has 17 aromatic carbocycles. The lowest BCUT2D eigenvalue weighted by Gasteiger charge is -2.12. The Bertz CT molecular complexity index is 6490. The first-order valence-corrected chi connectivity index (χ1v) is 61.2. The van der Waals surface area contributed by atoms with E-state index >= 15 is 0 Å². The van der Waals surface area contributed by atoms with Gasteiger partial charge in [-0.05, 0) is 347 Å². The number of benzene rings is 17. The molecule has 17 atom stereocenters. The van der Waals surface area contributed by atoms with Gasteiger partial charge in [0.1, 0.15) is 0 Å². The molecule has 0 saturated carbocycles. The third-order valence-corrected chi connectivity index (χ3v) is 33.0. The molecule has 0 radical (unpaired) electrons. The summed E-state index contributed by atoms with van der Waals surface area (Å²) in [6, 6.07) is 138. The molecule has 0 bridgehead atoms. The van der Waals surface area contributed by atoms with Gasteiger partial charge in [0.05, 0.1) is 0 Å². The van der Waals surface area contributed by atoms with Crippen LogP contribution in [0.1, 0.15) is 94.6 Å². The molecular weight excluding hydrogens is 1970 g/mol. The minimum atomic E-state index is 0.810. The molecule has 17 unspecified atom stereocenters. The van der Waals surface area contributed by atoms with Crippen molar-refractivity contribution in [2.45, 2.75) is 106 Å². The van der Waals surface area contributed by atoms with Gasteiger partial charge in [0.25, 0.3) is 0 Å². The highest BCUT2D eigenvalue weighted by Gasteiger charge is 2.16. The first-order chi connectivity index (χ1) is 67.0. The highest BCUT2D eigenvalue weighted by molar-refractivity contribution is 7.46. The molecule has 137 heavy (non-hydrogen) atoms. The van der Waals surface area contributed by atoms with Gasteiger partial charge in [-0.1, -0.05) is 372 Å². The van der Waals surface area contributed by atoms with E-state index in [4.69, 9.17) is 0 Å². The first kappa shape index (κ1) is 110. The number of hydrogen-bond acceptors (Lipinski definition) is 0. The summed E-state index contributed by atoms with van der Waals surface area (Å²) in [5.74, 6) is 0. The Morgan fingerprint density at radius 3 is 0.635 bits per heavy atom. The molecule has 0 aliphatic rings. The monoisotopic (exact) mass is 2100 g/mol. The van der Waals surface area contributed by atoms with Crippen molar-refractivity contribution in [1.29, 1.82) is 0 Å². The lowest BCUT2D eigenvalue weighted by Crippen LogP contribution is -2.00. The maximum absolute atomic E-state index is 2.87. The zero-order valence-corrected chi connectivity index (χ0v) is 98.3. The molecule has 0 spiro atoms. The Hall–Kier alpha value is -5.95. The lowest BCUT2D eigenvalue weighted by atomic mass is 9.94. The summed E-state index contributed by atoms with van der Waals surface area (Å²) < 4.78 is 0. The second-order valence-electron chi connectivity index (χ2n) is 33.6. The summed E-state index contributed by atoms with van der Waals surface area (Å²) in [5, 5.41) is 1.44. The Labute approximate surface area is 859 Å². The van der Waals surface area contributed by atoms with Crippen molar-refractivity contribution < 1.29 is 0 Å². The van der Waals surface area contributed by atoms with Crippen LogP contribution in [0, 0.1) is 6.92 Å². The van der Waals surface area contributed by atoms with Gasteiger partial charge in [-0.2, -0.15) is 0 Å². The standard InChI is InChI=1S/4C21H23P3.C21H22P2.C15H19P3/c22-12-15-1-5-17(6-2-15)19-9-10-21(20(11-19)14-24)18-7-3-16(13-23)4-8-18;2*22-12-15-1-5-17(6-2-15)19-9-10-20(14-24)21(11-19)18-7-3-16(13-23)4-8-18;22-12-15-1-4-17(5-2-15)18-6-8-19(9-7-18)21-10-3-16(13-23)11-20(21)14-24;1-15-6-11-20(21(12-15)23-2)19-5-3-4-18(13-19)17-9-7-16(14-22)8-10-17;16-8-11-1-4-13(5-2-11)15-6-3-12(9-17)7-14(15)10-18/h4*1-11H,12-14,22-24H2;3-13,23H,14,22H2,1-2H3;1-7H,8-10,16-18H2. The van der Waals surface area contributed by atoms with Gasteiger partial charge >= 0.3 is 0 Å². The van der Waals surface area contributed by atoms with Gasteiger partial charge in [-0.3, -0.25) is 0 Å². The molecule has 0 nitrogen and oxygen atoms in total. The van der Waals surface area contributed by atoms with E-state index in [1.54, 1.807) is 0 Å². The van der Waals surface area contributed by atoms with E-state index in [1.807, 2.05) is 0 Å². The van der Waals surface area contributed by atoms with Crippen LogP contribution in [-0.4, -0.2) is 6.66 Å². The fourth-order valence-corrected chi connectivity index (χ4v) is 21.9. The predicted molar refractivity (Wildman–Crippen MR) is 672 cm³/mol. The van der Waals surface area contributed by atoms with Crippen LogP contribution in [0.3, 0.4) is 0 Å². The average Bonchev–Trinajstić information content (AvgIpc) is 0.818. The van der Waals surface area contributed by atoms with E-state index in [1.165, 1.54) is 222 Å². The minimum absolute atomic E-state index is 0.810. The van der Waals surface area contributed by atoms with Crippen LogP contribution < -0.4 is 5.30 Å². The van der Waals surface area contributed by atoms with Gasteiger partial charge < -0.3 is 0 Å². The van der Waals surface area contributed by atoms with Crippen molar-refractivity contribution in [2.75, 3.05) is 6.66 Å². The van der Waals surface area contributed by atoms with Crippen molar-refractivity contribution in [3.05, 3.63) is 471 Å². The molecule has 698 valence electrons. The maximum atomic E-state index is 2.87. The highest BCUT2D eigenvalue weighted by atomic mass is 31.1. The van der Waals surface area contributed by atoms with Crippen LogP contribution in [0.15, 0.2) is 376 Å². The van der Waals surface area contributed by atoms with E-state index in [9.17, 15) is 0 Å². The molecule has 0 aliphatic heterocycles. The molecule has 0 amide bonds. The van der Waals surface area contributed by atoms with Crippen LogP contribution in [0.5, 0.6) is 0 Å². The summed E-state index contributed by atoms with van der Waals surface area (Å²) in [4.78, 5) is 0. The van der Waals surface area contributed by atoms with Crippen LogP contribution in [0.2, 0.25) is 0 Å². The zero-order chi connectivity index (χ0) is 97.0. The molecular formula is C120H133P17. The molecule has 0 aromatic heterocycles. The minimum Gasteiger partial charge on any atom is -0.133 e. The molecule has 0 fully saturated rings. The van der Waals surface area contributed by atoms with Crippen molar-refractivity contribution >= 4 is 162 Å². The molecule has 0 saturated heterocycles. The van der Waals surface area contributed by atoms with Crippen molar-refractivity contribution in [3.8, 4) is 122 Å². The van der Waals surface area contributed by atoms with E-state index < -0.39 is 0 Å². The van der Waals surface area contributed by atoms with E-state index in [2.05, 4.69) is 538 Å². The smallest absolute Gasteiger partial charge is 0.0109 e. The summed E-state index contributed by atoms with van der Waals surface area (Å²) in [5.41, 5.74) is 51.7. The Morgan fingerprint density at radius 2 is 0.350 bits per heavy atom. The van der Waals surface area contributed by atoms with Gasteiger partial charge in [0.15, 0.2) is 0 Å². The number of hydrogen-bond donors (Lipinski definition) is 0. The Morgan fingerprint density at radius 1 is 0.146 bits per heavy atom. The van der Waals surface area contributed by atoms with Gasteiger partial charge in [-0.15, -0.1) is 148 Å². The SMILES string of the molecule is CPc1cc(C)ccc1-c1cccc(-c2ccc(CP)cc2)c1.PCc1ccc(-c2ccc(-c3ccc(CP)cc3)c(CP)c2)cc1.PCc1ccc(-c2ccc(-c3ccc(CP)cc3CP)cc2)cc1.PCc1ccc(-c2ccc(CP)c(-c3ccc(CP)cc3)c2)cc1.PCc1ccc(-c2ccc(CP)c(-c3ccc(CP)cc3)c2)cc1.PCc1ccc(-c2ccc(CP)cc2CP)cc1. The first-order valence-electron chi connectivity index (χ1n) is 46.7. The second kappa shape index (κ2) is 58.1. The summed E-state index contributed by atoms with van der Waals surface area (Å²) in [7, 11) is 45.6. The van der Waals surface area contributed by atoms with Crippen LogP contribution in [0.4, 0.5) is 0 Å². The van der Waals surface area contributed by atoms with Crippen molar-refractivity contribution in [1.82, 2.24) is 0 Å². The molecule has 17 heteroatoms. The summed E-state index contributed by atoms with van der Waals surface area (Å²) >= 11 is 0. The highest BCUT2D eigenvalue weighted by Crippen LogP contribution is 2.39. The lowest BCUT2D eigenvalue weighted by molar-refractivity contribution is 1.33. The fourth-order valence-electron chi connectivity index (χ4n) is 16.4.